The monoisotopic (exact) mass is 264 g/mol. The topological polar surface area (TPSA) is 72.3 Å². The Balaban J connectivity index is 2.42. The quantitative estimate of drug-likeness (QED) is 0.923. The van der Waals surface area contributed by atoms with Gasteiger partial charge in [0.25, 0.3) is 0 Å². The standard InChI is InChI=1S/C12H9ClN2O3/c1-7-11(15-5-4-14-7)18-10-6-8(13)2-3-9(10)12(16)17/h2-6H,1H3,(H,16,17). The van der Waals surface area contributed by atoms with E-state index in [1.54, 1.807) is 6.92 Å². The first-order chi connectivity index (χ1) is 8.58. The van der Waals surface area contributed by atoms with Crippen LogP contribution in [0, 0.1) is 6.92 Å². The second-order valence-corrected chi connectivity index (χ2v) is 3.93. The number of aryl methyl sites for hydroxylation is 1. The molecule has 2 rings (SSSR count). The summed E-state index contributed by atoms with van der Waals surface area (Å²) in [5.41, 5.74) is 0.582. The number of carboxylic acid groups (broad SMARTS) is 1. The van der Waals surface area contributed by atoms with E-state index in [1.807, 2.05) is 0 Å². The van der Waals surface area contributed by atoms with Gasteiger partial charge in [-0.25, -0.2) is 9.78 Å². The van der Waals surface area contributed by atoms with Gasteiger partial charge in [0.05, 0.1) is 5.69 Å². The zero-order valence-corrected chi connectivity index (χ0v) is 10.2. The van der Waals surface area contributed by atoms with Gasteiger partial charge in [-0.2, -0.15) is 0 Å². The number of aromatic carboxylic acids is 1. The molecule has 1 N–H and O–H groups in total. The smallest absolute Gasteiger partial charge is 0.339 e. The molecule has 0 aliphatic carbocycles. The zero-order chi connectivity index (χ0) is 13.1. The second kappa shape index (κ2) is 5.01. The van der Waals surface area contributed by atoms with Gasteiger partial charge in [-0.3, -0.25) is 4.98 Å². The van der Waals surface area contributed by atoms with Crippen molar-refractivity contribution in [2.24, 2.45) is 0 Å². The van der Waals surface area contributed by atoms with Crippen molar-refractivity contribution in [3.8, 4) is 11.6 Å². The van der Waals surface area contributed by atoms with Crippen molar-refractivity contribution >= 4 is 17.6 Å². The van der Waals surface area contributed by atoms with E-state index in [-0.39, 0.29) is 17.2 Å². The van der Waals surface area contributed by atoms with Crippen LogP contribution in [0.15, 0.2) is 30.6 Å². The highest BCUT2D eigenvalue weighted by Gasteiger charge is 2.14. The Hall–Kier alpha value is -2.14. The fourth-order valence-electron chi connectivity index (χ4n) is 1.36. The number of rotatable bonds is 3. The molecule has 2 aromatic rings. The first-order valence-electron chi connectivity index (χ1n) is 5.06. The average molecular weight is 265 g/mol. The highest BCUT2D eigenvalue weighted by Crippen LogP contribution is 2.28. The second-order valence-electron chi connectivity index (χ2n) is 3.49. The highest BCUT2D eigenvalue weighted by atomic mass is 35.5. The van der Waals surface area contributed by atoms with Gasteiger partial charge in [0.2, 0.25) is 5.88 Å². The normalized spacial score (nSPS) is 10.1. The first-order valence-corrected chi connectivity index (χ1v) is 5.44. The van der Waals surface area contributed by atoms with Crippen LogP contribution < -0.4 is 4.74 Å². The van der Waals surface area contributed by atoms with Crippen molar-refractivity contribution in [3.63, 3.8) is 0 Å². The van der Waals surface area contributed by atoms with Gasteiger partial charge in [-0.05, 0) is 19.1 Å². The van der Waals surface area contributed by atoms with Crippen LogP contribution in [0.3, 0.4) is 0 Å². The molecule has 0 aliphatic heterocycles. The summed E-state index contributed by atoms with van der Waals surface area (Å²) in [7, 11) is 0. The number of aromatic nitrogens is 2. The van der Waals surface area contributed by atoms with Gasteiger partial charge < -0.3 is 9.84 Å². The molecule has 1 aromatic carbocycles. The highest BCUT2D eigenvalue weighted by molar-refractivity contribution is 6.30. The molecule has 0 saturated carbocycles. The van der Waals surface area contributed by atoms with Crippen LogP contribution >= 0.6 is 11.6 Å². The van der Waals surface area contributed by atoms with Crippen LogP contribution in [0.25, 0.3) is 0 Å². The molecule has 0 bridgehead atoms. The lowest BCUT2D eigenvalue weighted by atomic mass is 10.2. The third kappa shape index (κ3) is 2.57. The van der Waals surface area contributed by atoms with E-state index < -0.39 is 5.97 Å². The summed E-state index contributed by atoms with van der Waals surface area (Å²) in [6.45, 7) is 1.72. The van der Waals surface area contributed by atoms with Crippen LogP contribution in [0.2, 0.25) is 5.02 Å². The van der Waals surface area contributed by atoms with E-state index in [1.165, 1.54) is 30.6 Å². The van der Waals surface area contributed by atoms with E-state index in [4.69, 9.17) is 21.4 Å². The molecule has 0 amide bonds. The summed E-state index contributed by atoms with van der Waals surface area (Å²) >= 11 is 5.82. The van der Waals surface area contributed by atoms with E-state index >= 15 is 0 Å². The third-order valence-electron chi connectivity index (χ3n) is 2.22. The summed E-state index contributed by atoms with van der Waals surface area (Å²) in [6, 6.07) is 4.30. The van der Waals surface area contributed by atoms with Gasteiger partial charge in [0.15, 0.2) is 0 Å². The Kier molecular flexibility index (Phi) is 3.43. The van der Waals surface area contributed by atoms with Crippen molar-refractivity contribution in [3.05, 3.63) is 46.9 Å². The van der Waals surface area contributed by atoms with Crippen molar-refractivity contribution in [1.82, 2.24) is 9.97 Å². The van der Waals surface area contributed by atoms with E-state index in [9.17, 15) is 4.79 Å². The third-order valence-corrected chi connectivity index (χ3v) is 2.45. The minimum atomic E-state index is -1.09. The van der Waals surface area contributed by atoms with Crippen LogP contribution in [0.1, 0.15) is 16.1 Å². The number of hydrogen-bond acceptors (Lipinski definition) is 4. The van der Waals surface area contributed by atoms with Crippen molar-refractivity contribution in [1.29, 1.82) is 0 Å². The summed E-state index contributed by atoms with van der Waals surface area (Å²) in [5.74, 6) is -0.705. The van der Waals surface area contributed by atoms with Crippen molar-refractivity contribution < 1.29 is 14.6 Å². The Labute approximate surface area is 108 Å². The summed E-state index contributed by atoms with van der Waals surface area (Å²) in [5, 5.41) is 9.43. The van der Waals surface area contributed by atoms with Crippen LogP contribution in [-0.2, 0) is 0 Å². The molecule has 0 spiro atoms. The molecule has 5 nitrogen and oxygen atoms in total. The van der Waals surface area contributed by atoms with Crippen molar-refractivity contribution in [2.75, 3.05) is 0 Å². The van der Waals surface area contributed by atoms with Gasteiger partial charge in [0.1, 0.15) is 11.3 Å². The van der Waals surface area contributed by atoms with Crippen LogP contribution in [0.4, 0.5) is 0 Å². The summed E-state index contributed by atoms with van der Waals surface area (Å²) in [4.78, 5) is 19.0. The molecule has 0 radical (unpaired) electrons. The molecule has 0 atom stereocenters. The number of ether oxygens (including phenoxy) is 1. The van der Waals surface area contributed by atoms with Gasteiger partial charge in [0, 0.05) is 23.5 Å². The maximum absolute atomic E-state index is 11.0. The fraction of sp³-hybridized carbons (Fsp3) is 0.0833. The molecule has 0 fully saturated rings. The minimum Gasteiger partial charge on any atom is -0.478 e. The minimum absolute atomic E-state index is 0.0180. The van der Waals surface area contributed by atoms with Crippen molar-refractivity contribution in [2.45, 2.75) is 6.92 Å². The summed E-state index contributed by atoms with van der Waals surface area (Å²) < 4.78 is 5.44. The van der Waals surface area contributed by atoms with E-state index in [2.05, 4.69) is 9.97 Å². The summed E-state index contributed by atoms with van der Waals surface area (Å²) in [6.07, 6.45) is 2.99. The lowest BCUT2D eigenvalue weighted by Crippen LogP contribution is -2.01. The average Bonchev–Trinajstić information content (AvgIpc) is 2.32. The lowest BCUT2D eigenvalue weighted by Gasteiger charge is -2.09. The number of nitrogens with zero attached hydrogens (tertiary/aromatic N) is 2. The van der Waals surface area contributed by atoms with Gasteiger partial charge in [-0.15, -0.1) is 0 Å². The maximum Gasteiger partial charge on any atom is 0.339 e. The molecule has 0 saturated heterocycles. The number of hydrogen-bond donors (Lipinski definition) is 1. The molecule has 6 heteroatoms. The number of halogens is 1. The van der Waals surface area contributed by atoms with Crippen LogP contribution in [-0.4, -0.2) is 21.0 Å². The van der Waals surface area contributed by atoms with Gasteiger partial charge >= 0.3 is 5.97 Å². The Bertz CT molecular complexity index is 602. The molecule has 0 unspecified atom stereocenters. The van der Waals surface area contributed by atoms with Gasteiger partial charge in [-0.1, -0.05) is 11.6 Å². The number of carbonyl (C=O) groups is 1. The molecular formula is C12H9ClN2O3. The molecule has 1 aromatic heterocycles. The molecule has 18 heavy (non-hydrogen) atoms. The number of benzene rings is 1. The molecular weight excluding hydrogens is 256 g/mol. The van der Waals surface area contributed by atoms with Crippen LogP contribution in [0.5, 0.6) is 11.6 Å². The molecule has 92 valence electrons. The predicted molar refractivity (Wildman–Crippen MR) is 65.3 cm³/mol. The number of carboxylic acids is 1. The largest absolute Gasteiger partial charge is 0.478 e. The SMILES string of the molecule is Cc1nccnc1Oc1cc(Cl)ccc1C(=O)O. The predicted octanol–water partition coefficient (Wildman–Crippen LogP) is 2.93. The Morgan fingerprint density at radius 1 is 1.33 bits per heavy atom. The lowest BCUT2D eigenvalue weighted by molar-refractivity contribution is 0.0694. The maximum atomic E-state index is 11.0. The first kappa shape index (κ1) is 12.3. The Morgan fingerprint density at radius 3 is 2.72 bits per heavy atom. The van der Waals surface area contributed by atoms with E-state index in [0.29, 0.717) is 10.7 Å². The Morgan fingerprint density at radius 2 is 2.06 bits per heavy atom. The fourth-order valence-corrected chi connectivity index (χ4v) is 1.52. The molecule has 1 heterocycles. The molecule has 0 aliphatic rings. The van der Waals surface area contributed by atoms with E-state index in [0.717, 1.165) is 0 Å². The zero-order valence-electron chi connectivity index (χ0n) is 9.42.